The van der Waals surface area contributed by atoms with Crippen molar-refractivity contribution in [2.24, 2.45) is 11.7 Å². The van der Waals surface area contributed by atoms with E-state index in [1.807, 2.05) is 13.0 Å². The molecule has 0 radical (unpaired) electrons. The molecule has 5 heteroatoms. The van der Waals surface area contributed by atoms with Gasteiger partial charge in [0.2, 0.25) is 0 Å². The van der Waals surface area contributed by atoms with Crippen LogP contribution in [0.2, 0.25) is 0 Å². The highest BCUT2D eigenvalue weighted by molar-refractivity contribution is 5.44. The van der Waals surface area contributed by atoms with Crippen molar-refractivity contribution in [2.75, 3.05) is 13.1 Å². The maximum Gasteiger partial charge on any atom is 0.272 e. The van der Waals surface area contributed by atoms with Crippen LogP contribution in [0.5, 0.6) is 0 Å². The fraction of sp³-hybridized carbons (Fsp3) is 0.600. The van der Waals surface area contributed by atoms with Gasteiger partial charge in [-0.3, -0.25) is 15.0 Å². The van der Waals surface area contributed by atoms with Crippen LogP contribution in [0.1, 0.15) is 30.9 Å². The van der Waals surface area contributed by atoms with E-state index in [0.717, 1.165) is 37.2 Å². The van der Waals surface area contributed by atoms with Crippen molar-refractivity contribution in [1.29, 1.82) is 0 Å². The van der Waals surface area contributed by atoms with Crippen LogP contribution in [0.4, 0.5) is 5.69 Å². The molecule has 0 spiro atoms. The lowest BCUT2D eigenvalue weighted by Crippen LogP contribution is -2.43. The summed E-state index contributed by atoms with van der Waals surface area (Å²) in [5.41, 5.74) is 7.82. The van der Waals surface area contributed by atoms with E-state index < -0.39 is 0 Å². The van der Waals surface area contributed by atoms with E-state index in [1.165, 1.54) is 6.42 Å². The predicted molar refractivity (Wildman–Crippen MR) is 79.5 cm³/mol. The second kappa shape index (κ2) is 6.33. The third-order valence-corrected chi connectivity index (χ3v) is 4.43. The number of nitro benzene ring substituents is 1. The van der Waals surface area contributed by atoms with Gasteiger partial charge in [-0.1, -0.05) is 12.1 Å². The lowest BCUT2D eigenvalue weighted by atomic mass is 9.92. The van der Waals surface area contributed by atoms with Crippen molar-refractivity contribution < 1.29 is 4.92 Å². The minimum atomic E-state index is -0.304. The monoisotopic (exact) mass is 277 g/mol. The molecule has 0 aromatic heterocycles. The van der Waals surface area contributed by atoms with E-state index in [4.69, 9.17) is 5.73 Å². The van der Waals surface area contributed by atoms with Crippen molar-refractivity contribution in [3.05, 3.63) is 39.4 Å². The van der Waals surface area contributed by atoms with Crippen LogP contribution in [0, 0.1) is 23.0 Å². The average Bonchev–Trinajstić information content (AvgIpc) is 2.43. The first-order valence-corrected chi connectivity index (χ1v) is 7.20. The first-order valence-electron chi connectivity index (χ1n) is 7.20. The molecule has 0 aliphatic carbocycles. The normalized spacial score (nSPS) is 23.8. The predicted octanol–water partition coefficient (Wildman–Crippen LogP) is 2.46. The fourth-order valence-electron chi connectivity index (χ4n) is 2.93. The number of hydrogen-bond donors (Lipinski definition) is 1. The molecule has 1 saturated heterocycles. The van der Waals surface area contributed by atoms with E-state index in [2.05, 4.69) is 11.8 Å². The van der Waals surface area contributed by atoms with Crippen molar-refractivity contribution >= 4 is 5.69 Å². The molecule has 5 nitrogen and oxygen atoms in total. The summed E-state index contributed by atoms with van der Waals surface area (Å²) in [7, 11) is 0. The highest BCUT2D eigenvalue weighted by Crippen LogP contribution is 2.26. The average molecular weight is 277 g/mol. The van der Waals surface area contributed by atoms with Gasteiger partial charge in [0.1, 0.15) is 0 Å². The summed E-state index contributed by atoms with van der Waals surface area (Å²) in [6.45, 7) is 6.53. The number of nitrogens with two attached hydrogens (primary N) is 1. The molecule has 1 heterocycles. The van der Waals surface area contributed by atoms with Crippen molar-refractivity contribution in [1.82, 2.24) is 4.90 Å². The fourth-order valence-corrected chi connectivity index (χ4v) is 2.93. The molecule has 20 heavy (non-hydrogen) atoms. The van der Waals surface area contributed by atoms with Gasteiger partial charge in [-0.15, -0.1) is 0 Å². The summed E-state index contributed by atoms with van der Waals surface area (Å²) in [4.78, 5) is 13.1. The molecule has 0 saturated carbocycles. The van der Waals surface area contributed by atoms with Gasteiger partial charge in [-0.25, -0.2) is 0 Å². The minimum absolute atomic E-state index is 0.211. The Hall–Kier alpha value is -1.46. The number of hydrogen-bond acceptors (Lipinski definition) is 4. The molecule has 1 fully saturated rings. The lowest BCUT2D eigenvalue weighted by Gasteiger charge is -2.37. The van der Waals surface area contributed by atoms with E-state index >= 15 is 0 Å². The van der Waals surface area contributed by atoms with Gasteiger partial charge in [-0.05, 0) is 44.7 Å². The standard InChI is InChI=1S/C15H23N3O2/c1-11-6-7-13(8-16)9-17(11)10-14-4-3-5-15(12(14)2)18(19)20/h3-5,11,13H,6-10,16H2,1-2H3. The maximum absolute atomic E-state index is 11.0. The molecule has 2 N–H and O–H groups in total. The Balaban J connectivity index is 2.16. The smallest absolute Gasteiger partial charge is 0.272 e. The molecule has 1 aliphatic rings. The molecule has 2 rings (SSSR count). The van der Waals surface area contributed by atoms with Gasteiger partial charge in [-0.2, -0.15) is 0 Å². The van der Waals surface area contributed by atoms with E-state index in [-0.39, 0.29) is 10.6 Å². The zero-order valence-corrected chi connectivity index (χ0v) is 12.2. The Kier molecular flexibility index (Phi) is 4.73. The van der Waals surface area contributed by atoms with Crippen LogP contribution >= 0.6 is 0 Å². The molecular weight excluding hydrogens is 254 g/mol. The second-order valence-corrected chi connectivity index (χ2v) is 5.78. The molecule has 0 bridgehead atoms. The quantitative estimate of drug-likeness (QED) is 0.678. The first-order chi connectivity index (χ1) is 9.52. The maximum atomic E-state index is 11.0. The summed E-state index contributed by atoms with van der Waals surface area (Å²) in [5.74, 6) is 0.546. The number of nitro groups is 1. The SMILES string of the molecule is Cc1c(CN2CC(CN)CCC2C)cccc1[N+](=O)[O-]. The van der Waals surface area contributed by atoms with Crippen LogP contribution in [-0.4, -0.2) is 29.0 Å². The van der Waals surface area contributed by atoms with Crippen LogP contribution in [0.3, 0.4) is 0 Å². The summed E-state index contributed by atoms with van der Waals surface area (Å²) in [6.07, 6.45) is 2.33. The number of rotatable bonds is 4. The molecule has 1 aliphatic heterocycles. The second-order valence-electron chi connectivity index (χ2n) is 5.78. The Morgan fingerprint density at radius 3 is 2.85 bits per heavy atom. The zero-order chi connectivity index (χ0) is 14.7. The third-order valence-electron chi connectivity index (χ3n) is 4.43. The third kappa shape index (κ3) is 3.16. The van der Waals surface area contributed by atoms with Gasteiger partial charge in [0.15, 0.2) is 0 Å². The Morgan fingerprint density at radius 1 is 1.45 bits per heavy atom. The number of benzene rings is 1. The van der Waals surface area contributed by atoms with Crippen LogP contribution < -0.4 is 5.73 Å². The Labute approximate surface area is 119 Å². The number of piperidine rings is 1. The highest BCUT2D eigenvalue weighted by Gasteiger charge is 2.25. The lowest BCUT2D eigenvalue weighted by molar-refractivity contribution is -0.385. The Bertz CT molecular complexity index is 490. The van der Waals surface area contributed by atoms with Gasteiger partial charge in [0, 0.05) is 30.8 Å². The summed E-state index contributed by atoms with van der Waals surface area (Å²) in [6, 6.07) is 5.84. The first kappa shape index (κ1) is 14.9. The van der Waals surface area contributed by atoms with E-state index in [0.29, 0.717) is 12.0 Å². The van der Waals surface area contributed by atoms with E-state index in [9.17, 15) is 10.1 Å². The molecular formula is C15H23N3O2. The molecule has 2 unspecified atom stereocenters. The van der Waals surface area contributed by atoms with Gasteiger partial charge >= 0.3 is 0 Å². The summed E-state index contributed by atoms with van der Waals surface area (Å²) < 4.78 is 0. The van der Waals surface area contributed by atoms with Crippen LogP contribution in [0.15, 0.2) is 18.2 Å². The molecule has 1 aromatic carbocycles. The van der Waals surface area contributed by atoms with Crippen molar-refractivity contribution in [3.8, 4) is 0 Å². The van der Waals surface area contributed by atoms with Crippen LogP contribution in [0.25, 0.3) is 0 Å². The Morgan fingerprint density at radius 2 is 2.20 bits per heavy atom. The largest absolute Gasteiger partial charge is 0.330 e. The molecule has 0 amide bonds. The number of likely N-dealkylation sites (tertiary alicyclic amines) is 1. The summed E-state index contributed by atoms with van der Waals surface area (Å²) >= 11 is 0. The summed E-state index contributed by atoms with van der Waals surface area (Å²) in [5, 5.41) is 11.0. The molecule has 2 atom stereocenters. The van der Waals surface area contributed by atoms with E-state index in [1.54, 1.807) is 12.1 Å². The zero-order valence-electron chi connectivity index (χ0n) is 12.2. The van der Waals surface area contributed by atoms with Gasteiger partial charge in [0.25, 0.3) is 5.69 Å². The van der Waals surface area contributed by atoms with Crippen molar-refractivity contribution in [3.63, 3.8) is 0 Å². The molecule has 1 aromatic rings. The van der Waals surface area contributed by atoms with Gasteiger partial charge in [0.05, 0.1) is 4.92 Å². The minimum Gasteiger partial charge on any atom is -0.330 e. The molecule has 110 valence electrons. The number of nitrogens with zero attached hydrogens (tertiary/aromatic N) is 2. The van der Waals surface area contributed by atoms with Crippen molar-refractivity contribution in [2.45, 2.75) is 39.3 Å². The highest BCUT2D eigenvalue weighted by atomic mass is 16.6. The topological polar surface area (TPSA) is 72.4 Å². The van der Waals surface area contributed by atoms with Crippen LogP contribution in [-0.2, 0) is 6.54 Å². The van der Waals surface area contributed by atoms with Gasteiger partial charge < -0.3 is 5.73 Å².